The molecular weight excluding hydrogens is 399 g/mol. The first-order chi connectivity index (χ1) is 13.1. The zero-order valence-corrected chi connectivity index (χ0v) is 16.6. The van der Waals surface area contributed by atoms with Gasteiger partial charge < -0.3 is 9.88 Å². The van der Waals surface area contributed by atoms with Crippen LogP contribution in [0.5, 0.6) is 0 Å². The fourth-order valence-electron chi connectivity index (χ4n) is 3.07. The van der Waals surface area contributed by atoms with Crippen LogP contribution in [0.25, 0.3) is 10.2 Å². The number of aromatic nitrogens is 1. The van der Waals surface area contributed by atoms with Crippen LogP contribution in [0.15, 0.2) is 66.0 Å². The van der Waals surface area contributed by atoms with E-state index in [0.29, 0.717) is 21.4 Å². The molecule has 0 saturated carbocycles. The standard InChI is InChI=1S/C21H16Cl2N2OS/c22-15-6-7-16(23)17(12-15)24-21(26)19-13-20-18(9-11-27-20)25(19)10-8-14-4-2-1-3-5-14/h1-7,9,11-13H,8,10H2,(H,24,26). The molecule has 0 unspecified atom stereocenters. The van der Waals surface area contributed by atoms with Gasteiger partial charge in [0.15, 0.2) is 0 Å². The quantitative estimate of drug-likeness (QED) is 0.396. The third-order valence-corrected chi connectivity index (χ3v) is 5.82. The molecule has 1 N–H and O–H groups in total. The first-order valence-corrected chi connectivity index (χ1v) is 10.1. The number of benzene rings is 2. The summed E-state index contributed by atoms with van der Waals surface area (Å²) >= 11 is 13.8. The van der Waals surface area contributed by atoms with Crippen molar-refractivity contribution in [3.63, 3.8) is 0 Å². The molecule has 0 aliphatic carbocycles. The number of anilines is 1. The van der Waals surface area contributed by atoms with E-state index in [1.54, 1.807) is 29.5 Å². The van der Waals surface area contributed by atoms with Crippen LogP contribution in [0.1, 0.15) is 16.1 Å². The van der Waals surface area contributed by atoms with Crippen LogP contribution in [-0.2, 0) is 13.0 Å². The average Bonchev–Trinajstić information content (AvgIpc) is 3.25. The highest BCUT2D eigenvalue weighted by Gasteiger charge is 2.17. The van der Waals surface area contributed by atoms with E-state index in [2.05, 4.69) is 22.0 Å². The molecule has 2 aromatic heterocycles. The monoisotopic (exact) mass is 414 g/mol. The van der Waals surface area contributed by atoms with Crippen molar-refractivity contribution in [2.75, 3.05) is 5.32 Å². The van der Waals surface area contributed by atoms with E-state index in [-0.39, 0.29) is 5.91 Å². The highest BCUT2D eigenvalue weighted by atomic mass is 35.5. The molecule has 4 rings (SSSR count). The summed E-state index contributed by atoms with van der Waals surface area (Å²) in [7, 11) is 0. The molecule has 3 nitrogen and oxygen atoms in total. The number of carbonyl (C=O) groups is 1. The molecule has 0 atom stereocenters. The molecule has 27 heavy (non-hydrogen) atoms. The van der Waals surface area contributed by atoms with Crippen molar-refractivity contribution in [2.24, 2.45) is 0 Å². The summed E-state index contributed by atoms with van der Waals surface area (Å²) in [5.41, 5.74) is 3.43. The van der Waals surface area contributed by atoms with Crippen molar-refractivity contribution in [1.29, 1.82) is 0 Å². The van der Waals surface area contributed by atoms with Crippen molar-refractivity contribution in [2.45, 2.75) is 13.0 Å². The maximum absolute atomic E-state index is 12.9. The SMILES string of the molecule is O=C(Nc1cc(Cl)ccc1Cl)c1cc2sccc2n1CCc1ccccc1. The molecule has 136 valence electrons. The van der Waals surface area contributed by atoms with Gasteiger partial charge in [-0.2, -0.15) is 0 Å². The normalized spacial score (nSPS) is 11.0. The van der Waals surface area contributed by atoms with E-state index >= 15 is 0 Å². The van der Waals surface area contributed by atoms with Crippen molar-refractivity contribution in [1.82, 2.24) is 4.57 Å². The Morgan fingerprint density at radius 1 is 1.04 bits per heavy atom. The van der Waals surface area contributed by atoms with Gasteiger partial charge >= 0.3 is 0 Å². The van der Waals surface area contributed by atoms with Crippen molar-refractivity contribution < 1.29 is 4.79 Å². The molecular formula is C21H16Cl2N2OS. The maximum atomic E-state index is 12.9. The second-order valence-electron chi connectivity index (χ2n) is 6.17. The van der Waals surface area contributed by atoms with Gasteiger partial charge in [-0.3, -0.25) is 4.79 Å². The lowest BCUT2D eigenvalue weighted by Crippen LogP contribution is -2.18. The number of hydrogen-bond acceptors (Lipinski definition) is 2. The summed E-state index contributed by atoms with van der Waals surface area (Å²) in [4.78, 5) is 12.9. The molecule has 1 amide bonds. The van der Waals surface area contributed by atoms with Gasteiger partial charge in [-0.1, -0.05) is 53.5 Å². The molecule has 4 aromatic rings. The minimum absolute atomic E-state index is 0.198. The molecule has 0 aliphatic rings. The number of hydrogen-bond donors (Lipinski definition) is 1. The van der Waals surface area contributed by atoms with Crippen LogP contribution in [0.4, 0.5) is 5.69 Å². The number of carbonyl (C=O) groups excluding carboxylic acids is 1. The zero-order chi connectivity index (χ0) is 18.8. The van der Waals surface area contributed by atoms with E-state index in [0.717, 1.165) is 23.2 Å². The fraction of sp³-hybridized carbons (Fsp3) is 0.0952. The Bertz CT molecular complexity index is 1100. The maximum Gasteiger partial charge on any atom is 0.272 e. The Kier molecular flexibility index (Phi) is 5.21. The number of nitrogens with one attached hydrogen (secondary N) is 1. The first-order valence-electron chi connectivity index (χ1n) is 8.49. The second kappa shape index (κ2) is 7.77. The number of aryl methyl sites for hydroxylation is 2. The second-order valence-corrected chi connectivity index (χ2v) is 7.96. The van der Waals surface area contributed by atoms with Gasteiger partial charge in [-0.15, -0.1) is 11.3 Å². The Morgan fingerprint density at radius 2 is 1.85 bits per heavy atom. The molecule has 0 radical (unpaired) electrons. The number of amides is 1. The van der Waals surface area contributed by atoms with Gasteiger partial charge in [0, 0.05) is 11.6 Å². The molecule has 2 aromatic carbocycles. The van der Waals surface area contributed by atoms with Crippen LogP contribution in [-0.4, -0.2) is 10.5 Å². The third kappa shape index (κ3) is 3.88. The predicted octanol–water partition coefficient (Wildman–Crippen LogP) is 6.50. The first kappa shape index (κ1) is 18.1. The van der Waals surface area contributed by atoms with Crippen LogP contribution in [0.2, 0.25) is 10.0 Å². The van der Waals surface area contributed by atoms with E-state index in [1.165, 1.54) is 5.56 Å². The van der Waals surface area contributed by atoms with Crippen molar-refractivity contribution in [3.05, 3.63) is 87.3 Å². The summed E-state index contributed by atoms with van der Waals surface area (Å²) < 4.78 is 3.15. The summed E-state index contributed by atoms with van der Waals surface area (Å²) in [6.45, 7) is 0.719. The molecule has 0 spiro atoms. The molecule has 0 bridgehead atoms. The summed E-state index contributed by atoms with van der Waals surface area (Å²) in [6.07, 6.45) is 0.846. The van der Waals surface area contributed by atoms with Crippen LogP contribution >= 0.6 is 34.5 Å². The largest absolute Gasteiger partial charge is 0.335 e. The Labute approximate surface area is 171 Å². The minimum atomic E-state index is -0.198. The summed E-state index contributed by atoms with van der Waals surface area (Å²) in [6, 6.07) is 19.3. The third-order valence-electron chi connectivity index (χ3n) is 4.40. The molecule has 0 fully saturated rings. The smallest absolute Gasteiger partial charge is 0.272 e. The van der Waals surface area contributed by atoms with Crippen LogP contribution in [0.3, 0.4) is 0 Å². The Hall–Kier alpha value is -2.27. The Balaban J connectivity index is 1.63. The van der Waals surface area contributed by atoms with Gasteiger partial charge in [0.25, 0.3) is 5.91 Å². The van der Waals surface area contributed by atoms with Crippen LogP contribution in [0, 0.1) is 0 Å². The number of thiophene rings is 1. The lowest BCUT2D eigenvalue weighted by molar-refractivity contribution is 0.101. The lowest BCUT2D eigenvalue weighted by atomic mass is 10.1. The van der Waals surface area contributed by atoms with E-state index in [1.807, 2.05) is 35.7 Å². The topological polar surface area (TPSA) is 34.0 Å². The molecule has 0 aliphatic heterocycles. The van der Waals surface area contributed by atoms with E-state index in [9.17, 15) is 4.79 Å². The van der Waals surface area contributed by atoms with Gasteiger partial charge in [0.2, 0.25) is 0 Å². The van der Waals surface area contributed by atoms with E-state index in [4.69, 9.17) is 23.2 Å². The number of fused-ring (bicyclic) bond motifs is 1. The van der Waals surface area contributed by atoms with Gasteiger partial charge in [0.05, 0.1) is 20.9 Å². The molecule has 6 heteroatoms. The highest BCUT2D eigenvalue weighted by Crippen LogP contribution is 2.29. The van der Waals surface area contributed by atoms with E-state index < -0.39 is 0 Å². The predicted molar refractivity (Wildman–Crippen MR) is 114 cm³/mol. The molecule has 0 saturated heterocycles. The fourth-order valence-corrected chi connectivity index (χ4v) is 4.23. The Morgan fingerprint density at radius 3 is 2.67 bits per heavy atom. The summed E-state index contributed by atoms with van der Waals surface area (Å²) in [5, 5.41) is 5.90. The van der Waals surface area contributed by atoms with Gasteiger partial charge in [0.1, 0.15) is 5.69 Å². The van der Waals surface area contributed by atoms with Crippen molar-refractivity contribution >= 4 is 56.3 Å². The minimum Gasteiger partial charge on any atom is -0.335 e. The number of nitrogens with zero attached hydrogens (tertiary/aromatic N) is 1. The van der Waals surface area contributed by atoms with Crippen molar-refractivity contribution in [3.8, 4) is 0 Å². The number of rotatable bonds is 5. The lowest BCUT2D eigenvalue weighted by Gasteiger charge is -2.12. The average molecular weight is 415 g/mol. The highest BCUT2D eigenvalue weighted by molar-refractivity contribution is 7.17. The summed E-state index contributed by atoms with van der Waals surface area (Å²) in [5.74, 6) is -0.198. The molecule has 2 heterocycles. The van der Waals surface area contributed by atoms with Crippen LogP contribution < -0.4 is 5.32 Å². The van der Waals surface area contributed by atoms with Gasteiger partial charge in [-0.05, 0) is 47.7 Å². The number of halogens is 2. The zero-order valence-electron chi connectivity index (χ0n) is 14.3. The van der Waals surface area contributed by atoms with Gasteiger partial charge in [-0.25, -0.2) is 0 Å².